The summed E-state index contributed by atoms with van der Waals surface area (Å²) in [7, 11) is 1.71. The summed E-state index contributed by atoms with van der Waals surface area (Å²) in [6.45, 7) is 2.20. The van der Waals surface area contributed by atoms with Crippen molar-refractivity contribution in [3.63, 3.8) is 0 Å². The lowest BCUT2D eigenvalue weighted by Gasteiger charge is -2.46. The Balaban J connectivity index is 1.26. The van der Waals surface area contributed by atoms with E-state index in [1.807, 2.05) is 17.0 Å². The van der Waals surface area contributed by atoms with Crippen LogP contribution in [0, 0.1) is 5.92 Å². The van der Waals surface area contributed by atoms with Gasteiger partial charge in [-0.2, -0.15) is 0 Å². The first-order valence-corrected chi connectivity index (χ1v) is 11.1. The number of ether oxygens (including phenoxy) is 3. The second-order valence-corrected chi connectivity index (χ2v) is 8.95. The monoisotopic (exact) mass is 414 g/mol. The van der Waals surface area contributed by atoms with Gasteiger partial charge >= 0.3 is 0 Å². The van der Waals surface area contributed by atoms with Gasteiger partial charge in [-0.1, -0.05) is 12.1 Å². The second-order valence-electron chi connectivity index (χ2n) is 8.95. The first-order chi connectivity index (χ1) is 14.6. The molecule has 1 spiro atoms. The highest BCUT2D eigenvalue weighted by Gasteiger charge is 2.45. The highest BCUT2D eigenvalue weighted by Crippen LogP contribution is 2.46. The van der Waals surface area contributed by atoms with Gasteiger partial charge in [0.15, 0.2) is 0 Å². The number of amides is 2. The molecular formula is C23H30N2O5. The van der Waals surface area contributed by atoms with E-state index in [-0.39, 0.29) is 42.1 Å². The number of fused-ring (bicyclic) bond motifs is 3. The van der Waals surface area contributed by atoms with Gasteiger partial charge in [0.05, 0.1) is 25.9 Å². The summed E-state index contributed by atoms with van der Waals surface area (Å²) in [5.74, 6) is 1.04. The molecule has 2 saturated heterocycles. The van der Waals surface area contributed by atoms with Gasteiger partial charge in [0.1, 0.15) is 18.0 Å². The standard InChI is InChI=1S/C23H30N2O5/c1-28-18-4-2-3-15-7-12-30-23(21(15)18)8-10-25(11-9-23)22(27)16-5-6-17-19(13-16)29-14-20(26)24-17/h2-4,16-17,19H,5-14H2,1H3,(H,24,26)/t16-,17-,19-/m0/s1. The Kier molecular flexibility index (Phi) is 5.19. The number of likely N-dealkylation sites (tertiary alicyclic amines) is 1. The summed E-state index contributed by atoms with van der Waals surface area (Å²) in [5.41, 5.74) is 2.12. The number of methoxy groups -OCH3 is 1. The molecule has 3 aliphatic heterocycles. The molecule has 1 saturated carbocycles. The summed E-state index contributed by atoms with van der Waals surface area (Å²) in [6, 6.07) is 6.27. The number of nitrogens with zero attached hydrogens (tertiary/aromatic N) is 1. The van der Waals surface area contributed by atoms with E-state index in [0.717, 1.165) is 37.9 Å². The lowest BCUT2D eigenvalue weighted by Crippen LogP contribution is -2.56. The van der Waals surface area contributed by atoms with E-state index in [9.17, 15) is 9.59 Å². The van der Waals surface area contributed by atoms with Gasteiger partial charge in [0.2, 0.25) is 11.8 Å². The highest BCUT2D eigenvalue weighted by molar-refractivity contribution is 5.80. The molecule has 5 rings (SSSR count). The van der Waals surface area contributed by atoms with Crippen LogP contribution in [0.4, 0.5) is 0 Å². The molecule has 0 bridgehead atoms. The summed E-state index contributed by atoms with van der Waals surface area (Å²) >= 11 is 0. The molecule has 7 nitrogen and oxygen atoms in total. The fourth-order valence-electron chi connectivity index (χ4n) is 5.78. The first-order valence-electron chi connectivity index (χ1n) is 11.1. The molecule has 1 aromatic rings. The van der Waals surface area contributed by atoms with Gasteiger partial charge in [0, 0.05) is 24.6 Å². The molecule has 3 atom stereocenters. The maximum Gasteiger partial charge on any atom is 0.246 e. The van der Waals surface area contributed by atoms with Gasteiger partial charge < -0.3 is 24.4 Å². The molecule has 0 radical (unpaired) electrons. The number of nitrogens with one attached hydrogen (secondary N) is 1. The molecule has 1 aliphatic carbocycles. The van der Waals surface area contributed by atoms with Crippen LogP contribution in [0.25, 0.3) is 0 Å². The van der Waals surface area contributed by atoms with E-state index >= 15 is 0 Å². The fraction of sp³-hybridized carbons (Fsp3) is 0.652. The van der Waals surface area contributed by atoms with Crippen LogP contribution in [0.15, 0.2) is 18.2 Å². The maximum absolute atomic E-state index is 13.2. The highest BCUT2D eigenvalue weighted by atomic mass is 16.5. The number of carbonyl (C=O) groups is 2. The Morgan fingerprint density at radius 2 is 2.10 bits per heavy atom. The predicted molar refractivity (Wildman–Crippen MR) is 109 cm³/mol. The zero-order valence-electron chi connectivity index (χ0n) is 17.5. The normalized spacial score (nSPS) is 30.2. The number of hydrogen-bond acceptors (Lipinski definition) is 5. The van der Waals surface area contributed by atoms with Gasteiger partial charge in [-0.25, -0.2) is 0 Å². The van der Waals surface area contributed by atoms with E-state index in [1.54, 1.807) is 7.11 Å². The quantitative estimate of drug-likeness (QED) is 0.798. The summed E-state index contributed by atoms with van der Waals surface area (Å²) < 4.78 is 17.7. The van der Waals surface area contributed by atoms with E-state index in [4.69, 9.17) is 14.2 Å². The van der Waals surface area contributed by atoms with Crippen molar-refractivity contribution in [2.24, 2.45) is 5.92 Å². The molecule has 7 heteroatoms. The zero-order chi connectivity index (χ0) is 20.7. The Morgan fingerprint density at radius 3 is 2.90 bits per heavy atom. The van der Waals surface area contributed by atoms with Crippen molar-refractivity contribution >= 4 is 11.8 Å². The van der Waals surface area contributed by atoms with Crippen LogP contribution >= 0.6 is 0 Å². The van der Waals surface area contributed by atoms with E-state index in [0.29, 0.717) is 26.1 Å². The molecular weight excluding hydrogens is 384 g/mol. The molecule has 0 unspecified atom stereocenters. The Labute approximate surface area is 177 Å². The lowest BCUT2D eigenvalue weighted by molar-refractivity contribution is -0.151. The number of rotatable bonds is 2. The van der Waals surface area contributed by atoms with Crippen LogP contribution in [0.3, 0.4) is 0 Å². The molecule has 30 heavy (non-hydrogen) atoms. The van der Waals surface area contributed by atoms with Crippen molar-refractivity contribution in [2.45, 2.75) is 56.3 Å². The van der Waals surface area contributed by atoms with Crippen molar-refractivity contribution < 1.29 is 23.8 Å². The zero-order valence-corrected chi connectivity index (χ0v) is 17.5. The van der Waals surface area contributed by atoms with E-state index in [1.165, 1.54) is 11.1 Å². The SMILES string of the molecule is COc1cccc2c1C1(CCN(C(=O)[C@H]3CC[C@@H]4NC(=O)CO[C@H]4C3)CC1)OCC2. The number of piperidine rings is 1. The van der Waals surface area contributed by atoms with Gasteiger partial charge in [-0.15, -0.1) is 0 Å². The van der Waals surface area contributed by atoms with Gasteiger partial charge in [-0.05, 0) is 50.2 Å². The smallest absolute Gasteiger partial charge is 0.246 e. The van der Waals surface area contributed by atoms with Crippen LogP contribution in [-0.2, 0) is 31.1 Å². The van der Waals surface area contributed by atoms with Crippen LogP contribution in [-0.4, -0.2) is 62.3 Å². The van der Waals surface area contributed by atoms with Crippen molar-refractivity contribution in [1.82, 2.24) is 10.2 Å². The van der Waals surface area contributed by atoms with Crippen LogP contribution in [0.1, 0.15) is 43.2 Å². The van der Waals surface area contributed by atoms with Gasteiger partial charge in [0.25, 0.3) is 0 Å². The second kappa shape index (κ2) is 7.85. The minimum atomic E-state index is -0.356. The molecule has 3 fully saturated rings. The number of morpholine rings is 1. The van der Waals surface area contributed by atoms with Crippen molar-refractivity contribution in [2.75, 3.05) is 33.4 Å². The number of benzene rings is 1. The molecule has 4 aliphatic rings. The first kappa shape index (κ1) is 19.8. The van der Waals surface area contributed by atoms with E-state index < -0.39 is 0 Å². The molecule has 162 valence electrons. The number of hydrogen-bond donors (Lipinski definition) is 1. The summed E-state index contributed by atoms with van der Waals surface area (Å²) in [6.07, 6.45) is 4.74. The molecule has 3 heterocycles. The molecule has 1 N–H and O–H groups in total. The lowest BCUT2D eigenvalue weighted by atomic mass is 9.78. The van der Waals surface area contributed by atoms with Crippen LogP contribution < -0.4 is 10.1 Å². The summed E-state index contributed by atoms with van der Waals surface area (Å²) in [4.78, 5) is 26.8. The summed E-state index contributed by atoms with van der Waals surface area (Å²) in [5, 5.41) is 3.00. The van der Waals surface area contributed by atoms with Crippen molar-refractivity contribution in [1.29, 1.82) is 0 Å². The third kappa shape index (κ3) is 3.38. The Morgan fingerprint density at radius 1 is 1.27 bits per heavy atom. The fourth-order valence-corrected chi connectivity index (χ4v) is 5.78. The minimum Gasteiger partial charge on any atom is -0.496 e. The predicted octanol–water partition coefficient (Wildman–Crippen LogP) is 1.77. The largest absolute Gasteiger partial charge is 0.496 e. The van der Waals surface area contributed by atoms with Crippen molar-refractivity contribution in [3.8, 4) is 5.75 Å². The van der Waals surface area contributed by atoms with Crippen LogP contribution in [0.2, 0.25) is 0 Å². The molecule has 0 aromatic heterocycles. The number of carbonyl (C=O) groups excluding carboxylic acids is 2. The topological polar surface area (TPSA) is 77.1 Å². The average Bonchev–Trinajstić information content (AvgIpc) is 2.78. The minimum absolute atomic E-state index is 0.0237. The van der Waals surface area contributed by atoms with Crippen molar-refractivity contribution in [3.05, 3.63) is 29.3 Å². The third-order valence-corrected chi connectivity index (χ3v) is 7.34. The van der Waals surface area contributed by atoms with Crippen LogP contribution in [0.5, 0.6) is 5.75 Å². The molecule has 2 amide bonds. The molecule has 1 aromatic carbocycles. The Hall–Kier alpha value is -2.12. The van der Waals surface area contributed by atoms with E-state index in [2.05, 4.69) is 11.4 Å². The third-order valence-electron chi connectivity index (χ3n) is 7.34. The average molecular weight is 415 g/mol. The van der Waals surface area contributed by atoms with Gasteiger partial charge in [-0.3, -0.25) is 9.59 Å². The Bertz CT molecular complexity index is 819. The maximum atomic E-state index is 13.2.